The molecule has 0 spiro atoms. The third-order valence-electron chi connectivity index (χ3n) is 2.71. The predicted octanol–water partition coefficient (Wildman–Crippen LogP) is 2.59. The molecule has 1 fully saturated rings. The maximum Gasteiger partial charge on any atom is 0.293 e. The van der Waals surface area contributed by atoms with Crippen molar-refractivity contribution in [3.63, 3.8) is 0 Å². The normalized spacial score (nSPS) is 15.8. The molecule has 6 heteroatoms. The highest BCUT2D eigenvalue weighted by molar-refractivity contribution is 9.10. The molecule has 2 N–H and O–H groups in total. The zero-order valence-corrected chi connectivity index (χ0v) is 11.6. The first kappa shape index (κ1) is 12.6. The maximum absolute atomic E-state index is 11.7. The fourth-order valence-corrected chi connectivity index (χ4v) is 2.46. The quantitative estimate of drug-likeness (QED) is 0.823. The summed E-state index contributed by atoms with van der Waals surface area (Å²) in [5.74, 6) is -0.0846. The molecule has 4 nitrogen and oxygen atoms in total. The summed E-state index contributed by atoms with van der Waals surface area (Å²) in [6, 6.07) is 3.66. The molecule has 0 unspecified atom stereocenters. The van der Waals surface area contributed by atoms with Gasteiger partial charge >= 0.3 is 0 Å². The third kappa shape index (κ3) is 3.54. The second-order valence-corrected chi connectivity index (χ2v) is 5.20. The van der Waals surface area contributed by atoms with Crippen LogP contribution in [0.15, 0.2) is 21.2 Å². The molecule has 17 heavy (non-hydrogen) atoms. The molecule has 1 aromatic rings. The van der Waals surface area contributed by atoms with E-state index in [0.717, 1.165) is 12.8 Å². The fraction of sp³-hybridized carbons (Fsp3) is 0.455. The van der Waals surface area contributed by atoms with Crippen LogP contribution in [-0.4, -0.2) is 17.1 Å². The summed E-state index contributed by atoms with van der Waals surface area (Å²) in [6.45, 7) is 0. The number of thiocarbonyl (C=S) groups is 1. The molecule has 1 heterocycles. The average molecular weight is 317 g/mol. The Morgan fingerprint density at radius 3 is 2.71 bits per heavy atom. The lowest BCUT2D eigenvalue weighted by molar-refractivity contribution is 0.0948. The average Bonchev–Trinajstić information content (AvgIpc) is 2.89. The molecule has 1 aromatic heterocycles. The first-order chi connectivity index (χ1) is 8.15. The van der Waals surface area contributed by atoms with Gasteiger partial charge in [0.05, 0.1) is 0 Å². The third-order valence-corrected chi connectivity index (χ3v) is 3.36. The summed E-state index contributed by atoms with van der Waals surface area (Å²) in [4.78, 5) is 11.7. The van der Waals surface area contributed by atoms with Gasteiger partial charge in [-0.3, -0.25) is 10.1 Å². The van der Waals surface area contributed by atoms with E-state index in [1.807, 2.05) is 0 Å². The SMILES string of the molecule is O=C(NC(=S)NC1CCCC1)c1ccc(Br)o1. The first-order valence-electron chi connectivity index (χ1n) is 5.52. The van der Waals surface area contributed by atoms with Gasteiger partial charge in [-0.25, -0.2) is 0 Å². The van der Waals surface area contributed by atoms with Gasteiger partial charge in [-0.1, -0.05) is 12.8 Å². The van der Waals surface area contributed by atoms with E-state index < -0.39 is 0 Å². The summed E-state index contributed by atoms with van der Waals surface area (Å²) in [7, 11) is 0. The molecular formula is C11H13BrN2O2S. The van der Waals surface area contributed by atoms with Crippen LogP contribution in [0, 0.1) is 0 Å². The van der Waals surface area contributed by atoms with Gasteiger partial charge in [-0.05, 0) is 53.1 Å². The molecule has 0 aliphatic heterocycles. The smallest absolute Gasteiger partial charge is 0.293 e. The van der Waals surface area contributed by atoms with Gasteiger partial charge in [0.1, 0.15) is 0 Å². The zero-order valence-electron chi connectivity index (χ0n) is 9.16. The van der Waals surface area contributed by atoms with Crippen LogP contribution in [0.3, 0.4) is 0 Å². The van der Waals surface area contributed by atoms with Crippen molar-refractivity contribution in [1.29, 1.82) is 0 Å². The summed E-state index contributed by atoms with van der Waals surface area (Å²) < 4.78 is 5.66. The zero-order chi connectivity index (χ0) is 12.3. The number of carbonyl (C=O) groups is 1. The topological polar surface area (TPSA) is 54.3 Å². The van der Waals surface area contributed by atoms with E-state index in [0.29, 0.717) is 15.8 Å². The summed E-state index contributed by atoms with van der Waals surface area (Å²) >= 11 is 8.22. The number of rotatable bonds is 2. The molecule has 0 aromatic carbocycles. The van der Waals surface area contributed by atoms with Crippen molar-refractivity contribution in [2.75, 3.05) is 0 Å². The summed E-state index contributed by atoms with van der Waals surface area (Å²) in [6.07, 6.45) is 4.67. The maximum atomic E-state index is 11.7. The number of amides is 1. The Bertz CT molecular complexity index is 427. The molecule has 0 atom stereocenters. The van der Waals surface area contributed by atoms with Gasteiger partial charge in [0, 0.05) is 6.04 Å². The van der Waals surface area contributed by atoms with Crippen molar-refractivity contribution in [1.82, 2.24) is 10.6 Å². The van der Waals surface area contributed by atoms with Crippen LogP contribution in [0.2, 0.25) is 0 Å². The molecule has 0 bridgehead atoms. The van der Waals surface area contributed by atoms with Crippen LogP contribution >= 0.6 is 28.1 Å². The Morgan fingerprint density at radius 1 is 1.41 bits per heavy atom. The molecule has 0 saturated heterocycles. The highest BCUT2D eigenvalue weighted by Gasteiger charge is 2.17. The van der Waals surface area contributed by atoms with E-state index >= 15 is 0 Å². The lowest BCUT2D eigenvalue weighted by Crippen LogP contribution is -2.43. The Balaban J connectivity index is 1.83. The standard InChI is InChI=1S/C11H13BrN2O2S/c12-9-6-5-8(16-9)10(15)14-11(17)13-7-3-1-2-4-7/h5-7H,1-4H2,(H2,13,14,15,17). The van der Waals surface area contributed by atoms with E-state index in [1.165, 1.54) is 12.8 Å². The Hall–Kier alpha value is -0.880. The van der Waals surface area contributed by atoms with Gasteiger partial charge in [0.2, 0.25) is 0 Å². The van der Waals surface area contributed by atoms with E-state index in [-0.39, 0.29) is 11.7 Å². The first-order valence-corrected chi connectivity index (χ1v) is 6.72. The predicted molar refractivity (Wildman–Crippen MR) is 71.9 cm³/mol. The highest BCUT2D eigenvalue weighted by Crippen LogP contribution is 2.17. The Labute approximate surface area is 113 Å². The fourth-order valence-electron chi connectivity index (χ4n) is 1.89. The Morgan fingerprint density at radius 2 is 2.12 bits per heavy atom. The number of hydrogen-bond acceptors (Lipinski definition) is 3. The van der Waals surface area contributed by atoms with E-state index in [4.69, 9.17) is 16.6 Å². The van der Waals surface area contributed by atoms with Gasteiger partial charge in [0.25, 0.3) is 5.91 Å². The van der Waals surface area contributed by atoms with Gasteiger partial charge < -0.3 is 9.73 Å². The number of carbonyl (C=O) groups excluding carboxylic acids is 1. The van der Waals surface area contributed by atoms with E-state index in [2.05, 4.69) is 26.6 Å². The lowest BCUT2D eigenvalue weighted by Gasteiger charge is -2.14. The second-order valence-electron chi connectivity index (χ2n) is 4.01. The molecule has 2 rings (SSSR count). The van der Waals surface area contributed by atoms with Crippen molar-refractivity contribution in [3.8, 4) is 0 Å². The molecular weight excluding hydrogens is 304 g/mol. The van der Waals surface area contributed by atoms with Gasteiger partial charge in [-0.15, -0.1) is 0 Å². The van der Waals surface area contributed by atoms with Crippen LogP contribution in [0.4, 0.5) is 0 Å². The van der Waals surface area contributed by atoms with Crippen LogP contribution < -0.4 is 10.6 Å². The van der Waals surface area contributed by atoms with Crippen LogP contribution in [0.5, 0.6) is 0 Å². The molecule has 1 amide bonds. The minimum atomic E-state index is -0.328. The number of hydrogen-bond donors (Lipinski definition) is 2. The second kappa shape index (κ2) is 5.64. The molecule has 1 saturated carbocycles. The Kier molecular flexibility index (Phi) is 4.17. The molecule has 1 aliphatic carbocycles. The largest absolute Gasteiger partial charge is 0.444 e. The highest BCUT2D eigenvalue weighted by atomic mass is 79.9. The lowest BCUT2D eigenvalue weighted by atomic mass is 10.3. The molecule has 1 aliphatic rings. The molecule has 0 radical (unpaired) electrons. The number of furan rings is 1. The van der Waals surface area contributed by atoms with Crippen molar-refractivity contribution in [3.05, 3.63) is 22.6 Å². The van der Waals surface area contributed by atoms with Crippen LogP contribution in [0.1, 0.15) is 36.2 Å². The van der Waals surface area contributed by atoms with Crippen molar-refractivity contribution < 1.29 is 9.21 Å². The minimum absolute atomic E-state index is 0.243. The van der Waals surface area contributed by atoms with Crippen molar-refractivity contribution in [2.24, 2.45) is 0 Å². The summed E-state index contributed by atoms with van der Waals surface area (Å²) in [5.41, 5.74) is 0. The minimum Gasteiger partial charge on any atom is -0.444 e. The van der Waals surface area contributed by atoms with E-state index in [1.54, 1.807) is 12.1 Å². The van der Waals surface area contributed by atoms with Crippen molar-refractivity contribution >= 4 is 39.2 Å². The van der Waals surface area contributed by atoms with Gasteiger partial charge in [-0.2, -0.15) is 0 Å². The summed E-state index contributed by atoms with van der Waals surface area (Å²) in [5, 5.41) is 6.11. The van der Waals surface area contributed by atoms with Crippen LogP contribution in [0.25, 0.3) is 0 Å². The van der Waals surface area contributed by atoms with Crippen molar-refractivity contribution in [2.45, 2.75) is 31.7 Å². The van der Waals surface area contributed by atoms with Gasteiger partial charge in [0.15, 0.2) is 15.5 Å². The molecule has 92 valence electrons. The monoisotopic (exact) mass is 316 g/mol. The number of nitrogens with one attached hydrogen (secondary N) is 2. The number of halogens is 1. The van der Waals surface area contributed by atoms with E-state index in [9.17, 15) is 4.79 Å². The van der Waals surface area contributed by atoms with Crippen LogP contribution in [-0.2, 0) is 0 Å².